The lowest BCUT2D eigenvalue weighted by atomic mass is 9.94. The van der Waals surface area contributed by atoms with Crippen LogP contribution in [0.2, 0.25) is 0 Å². The fourth-order valence-corrected chi connectivity index (χ4v) is 4.79. The molecule has 0 amide bonds. The first-order valence-corrected chi connectivity index (χ1v) is 13.9. The Bertz CT molecular complexity index is 465. The van der Waals surface area contributed by atoms with E-state index in [-0.39, 0.29) is 0 Å². The van der Waals surface area contributed by atoms with E-state index in [2.05, 4.69) is 42.7 Å². The highest BCUT2D eigenvalue weighted by Gasteiger charge is 2.21. The molecule has 1 N–H and O–H groups in total. The van der Waals surface area contributed by atoms with Crippen LogP contribution in [0.4, 0.5) is 0 Å². The van der Waals surface area contributed by atoms with Crippen LogP contribution in [0.3, 0.4) is 0 Å². The molecule has 2 heteroatoms. The Morgan fingerprint density at radius 1 is 0.600 bits per heavy atom. The first-order chi connectivity index (χ1) is 14.8. The van der Waals surface area contributed by atoms with Crippen LogP contribution >= 0.6 is 0 Å². The van der Waals surface area contributed by atoms with Gasteiger partial charge in [0.25, 0.3) is 5.82 Å². The Hall–Kier alpha value is -0.790. The van der Waals surface area contributed by atoms with Crippen LogP contribution in [0, 0.1) is 0 Å². The Kier molecular flexibility index (Phi) is 18.3. The SMILES string of the molecule is CCCCCCCCCCCCCCCCC[C@H](CCCC)c1[nH]cc[n+]1CCC. The highest BCUT2D eigenvalue weighted by Crippen LogP contribution is 2.25. The van der Waals surface area contributed by atoms with Crippen LogP contribution in [0.5, 0.6) is 0 Å². The summed E-state index contributed by atoms with van der Waals surface area (Å²) in [5.41, 5.74) is 0. The summed E-state index contributed by atoms with van der Waals surface area (Å²) in [5, 5.41) is 0. The maximum atomic E-state index is 3.56. The molecule has 0 aliphatic carbocycles. The normalized spacial score (nSPS) is 12.5. The number of hydrogen-bond acceptors (Lipinski definition) is 0. The van der Waals surface area contributed by atoms with Crippen molar-refractivity contribution in [2.45, 2.75) is 162 Å². The summed E-state index contributed by atoms with van der Waals surface area (Å²) < 4.78 is 2.46. The number of aromatic amines is 1. The standard InChI is InChI=1S/C28H54N2/c1-4-7-9-10-11-12-13-14-15-16-17-18-19-20-21-23-27(22-8-5-2)28-29-24-26-30(28)25-6-3/h24,26-27H,4-23,25H2,1-3H3/p+1/t27-/m0/s1. The van der Waals surface area contributed by atoms with Crippen LogP contribution in [0.1, 0.15) is 161 Å². The largest absolute Gasteiger partial charge is 0.257 e. The lowest BCUT2D eigenvalue weighted by Crippen LogP contribution is -2.37. The lowest BCUT2D eigenvalue weighted by molar-refractivity contribution is -0.704. The molecular weight excluding hydrogens is 364 g/mol. The summed E-state index contributed by atoms with van der Waals surface area (Å²) in [6.45, 7) is 8.05. The zero-order valence-corrected chi connectivity index (χ0v) is 21.0. The summed E-state index contributed by atoms with van der Waals surface area (Å²) in [5.74, 6) is 2.21. The van der Waals surface area contributed by atoms with E-state index < -0.39 is 0 Å². The van der Waals surface area contributed by atoms with Gasteiger partial charge in [0, 0.05) is 0 Å². The Morgan fingerprint density at radius 2 is 1.07 bits per heavy atom. The molecule has 0 fully saturated rings. The molecule has 0 saturated carbocycles. The van der Waals surface area contributed by atoms with Crippen molar-refractivity contribution in [1.29, 1.82) is 0 Å². The van der Waals surface area contributed by atoms with Gasteiger partial charge in [0.1, 0.15) is 12.4 Å². The second kappa shape index (κ2) is 20.1. The topological polar surface area (TPSA) is 19.7 Å². The molecule has 176 valence electrons. The van der Waals surface area contributed by atoms with E-state index in [4.69, 9.17) is 0 Å². The van der Waals surface area contributed by atoms with E-state index >= 15 is 0 Å². The number of imidazole rings is 1. The van der Waals surface area contributed by atoms with E-state index in [1.807, 2.05) is 0 Å². The molecule has 1 aromatic rings. The van der Waals surface area contributed by atoms with Gasteiger partial charge in [-0.25, -0.2) is 9.55 Å². The van der Waals surface area contributed by atoms with Crippen LogP contribution in [0.15, 0.2) is 12.4 Å². The summed E-state index contributed by atoms with van der Waals surface area (Å²) in [6.07, 6.45) is 32.7. The minimum Gasteiger partial charge on any atom is -0.247 e. The number of aromatic nitrogens is 2. The summed E-state index contributed by atoms with van der Waals surface area (Å²) in [7, 11) is 0. The molecule has 0 bridgehead atoms. The molecule has 0 aliphatic rings. The quantitative estimate of drug-likeness (QED) is 0.143. The third kappa shape index (κ3) is 13.5. The molecule has 30 heavy (non-hydrogen) atoms. The predicted octanol–water partition coefficient (Wildman–Crippen LogP) is 9.25. The van der Waals surface area contributed by atoms with Crippen molar-refractivity contribution in [2.24, 2.45) is 0 Å². The third-order valence-electron chi connectivity index (χ3n) is 6.71. The van der Waals surface area contributed by atoms with Gasteiger partial charge in [-0.1, -0.05) is 130 Å². The molecule has 1 atom stereocenters. The van der Waals surface area contributed by atoms with Crippen molar-refractivity contribution >= 4 is 0 Å². The van der Waals surface area contributed by atoms with Gasteiger partial charge < -0.3 is 0 Å². The van der Waals surface area contributed by atoms with Crippen LogP contribution in [0.25, 0.3) is 0 Å². The first-order valence-electron chi connectivity index (χ1n) is 13.9. The minimum absolute atomic E-state index is 0.730. The first kappa shape index (κ1) is 27.2. The van der Waals surface area contributed by atoms with E-state index in [1.165, 1.54) is 134 Å². The molecule has 0 unspecified atom stereocenters. The highest BCUT2D eigenvalue weighted by atomic mass is 15.1. The Labute approximate surface area is 189 Å². The van der Waals surface area contributed by atoms with Crippen LogP contribution in [-0.2, 0) is 6.54 Å². The molecule has 0 aromatic carbocycles. The van der Waals surface area contributed by atoms with E-state index in [0.717, 1.165) is 12.5 Å². The number of unbranched alkanes of at least 4 members (excludes halogenated alkanes) is 15. The smallest absolute Gasteiger partial charge is 0.247 e. The molecule has 1 rings (SSSR count). The molecule has 1 aromatic heterocycles. The van der Waals surface area contributed by atoms with Gasteiger partial charge in [-0.3, -0.25) is 0 Å². The predicted molar refractivity (Wildman–Crippen MR) is 133 cm³/mol. The second-order valence-electron chi connectivity index (χ2n) is 9.62. The third-order valence-corrected chi connectivity index (χ3v) is 6.71. The van der Waals surface area contributed by atoms with E-state index in [9.17, 15) is 0 Å². The van der Waals surface area contributed by atoms with Crippen molar-refractivity contribution in [2.75, 3.05) is 0 Å². The zero-order chi connectivity index (χ0) is 21.7. The molecule has 1 heterocycles. The number of aryl methyl sites for hydroxylation is 1. The molecule has 2 nitrogen and oxygen atoms in total. The number of nitrogens with zero attached hydrogens (tertiary/aromatic N) is 1. The van der Waals surface area contributed by atoms with Gasteiger partial charge in [-0.05, 0) is 19.3 Å². The number of H-pyrrole nitrogens is 1. The highest BCUT2D eigenvalue weighted by molar-refractivity contribution is 4.89. The van der Waals surface area contributed by atoms with Gasteiger partial charge in [-0.2, -0.15) is 0 Å². The minimum atomic E-state index is 0.730. The van der Waals surface area contributed by atoms with E-state index in [0.29, 0.717) is 0 Å². The van der Waals surface area contributed by atoms with Gasteiger partial charge >= 0.3 is 0 Å². The number of rotatable bonds is 22. The average molecular weight is 420 g/mol. The lowest BCUT2D eigenvalue weighted by Gasteiger charge is -2.13. The fourth-order valence-electron chi connectivity index (χ4n) is 4.79. The average Bonchev–Trinajstić information content (AvgIpc) is 3.21. The molecule has 0 aliphatic heterocycles. The van der Waals surface area contributed by atoms with Crippen molar-refractivity contribution in [3.05, 3.63) is 18.2 Å². The summed E-state index contributed by atoms with van der Waals surface area (Å²) >= 11 is 0. The number of hydrogen-bond donors (Lipinski definition) is 1. The molecular formula is C28H55N2+. The monoisotopic (exact) mass is 419 g/mol. The zero-order valence-electron chi connectivity index (χ0n) is 21.0. The van der Waals surface area contributed by atoms with Gasteiger partial charge in [0.2, 0.25) is 0 Å². The molecule has 0 spiro atoms. The van der Waals surface area contributed by atoms with Crippen molar-refractivity contribution in [1.82, 2.24) is 4.98 Å². The maximum absolute atomic E-state index is 3.56. The molecule has 0 saturated heterocycles. The van der Waals surface area contributed by atoms with Gasteiger partial charge in [-0.15, -0.1) is 0 Å². The van der Waals surface area contributed by atoms with Crippen molar-refractivity contribution in [3.63, 3.8) is 0 Å². The van der Waals surface area contributed by atoms with Crippen LogP contribution in [-0.4, -0.2) is 4.98 Å². The van der Waals surface area contributed by atoms with Gasteiger partial charge in [0.15, 0.2) is 0 Å². The maximum Gasteiger partial charge on any atom is 0.257 e. The van der Waals surface area contributed by atoms with Gasteiger partial charge in [0.05, 0.1) is 12.5 Å². The summed E-state index contributed by atoms with van der Waals surface area (Å²) in [6, 6.07) is 0. The van der Waals surface area contributed by atoms with E-state index in [1.54, 1.807) is 0 Å². The molecule has 0 radical (unpaired) electrons. The number of nitrogens with one attached hydrogen (secondary N) is 1. The van der Waals surface area contributed by atoms with Crippen LogP contribution < -0.4 is 4.57 Å². The van der Waals surface area contributed by atoms with Crippen molar-refractivity contribution in [3.8, 4) is 0 Å². The summed E-state index contributed by atoms with van der Waals surface area (Å²) in [4.78, 5) is 3.56. The Morgan fingerprint density at radius 3 is 1.57 bits per heavy atom. The fraction of sp³-hybridized carbons (Fsp3) is 0.893. The second-order valence-corrected chi connectivity index (χ2v) is 9.62. The Balaban J connectivity index is 2.02. The van der Waals surface area contributed by atoms with Crippen molar-refractivity contribution < 1.29 is 4.57 Å².